The molecule has 20 heavy (non-hydrogen) atoms. The Morgan fingerprint density at radius 1 is 1.45 bits per heavy atom. The molecule has 0 amide bonds. The van der Waals surface area contributed by atoms with Crippen LogP contribution in [0.25, 0.3) is 0 Å². The van der Waals surface area contributed by atoms with E-state index in [1.165, 1.54) is 6.07 Å². The number of rotatable bonds is 4. The van der Waals surface area contributed by atoms with Crippen molar-refractivity contribution in [3.8, 4) is 0 Å². The standard InChI is InChI=1S/C15H22F2N2O/c1-3-12-9-20-10(2)8-19(12)15(7-18)13-6-11(16)4-5-14(13)17/h4-6,10,12,15H,3,7-9,18H2,1-2H3. The summed E-state index contributed by atoms with van der Waals surface area (Å²) in [5.41, 5.74) is 6.18. The third kappa shape index (κ3) is 3.16. The van der Waals surface area contributed by atoms with Gasteiger partial charge in [-0.05, 0) is 31.5 Å². The molecular formula is C15H22F2N2O. The zero-order valence-electron chi connectivity index (χ0n) is 12.0. The minimum absolute atomic E-state index is 0.0727. The van der Waals surface area contributed by atoms with E-state index >= 15 is 0 Å². The summed E-state index contributed by atoms with van der Waals surface area (Å²) >= 11 is 0. The molecular weight excluding hydrogens is 262 g/mol. The van der Waals surface area contributed by atoms with Gasteiger partial charge in [0.05, 0.1) is 18.8 Å². The van der Waals surface area contributed by atoms with Crippen LogP contribution in [0.5, 0.6) is 0 Å². The molecule has 5 heteroatoms. The summed E-state index contributed by atoms with van der Waals surface area (Å²) in [5.74, 6) is -0.843. The first-order valence-corrected chi connectivity index (χ1v) is 7.09. The first-order chi connectivity index (χ1) is 9.56. The van der Waals surface area contributed by atoms with Gasteiger partial charge < -0.3 is 10.5 Å². The van der Waals surface area contributed by atoms with E-state index in [4.69, 9.17) is 10.5 Å². The lowest BCUT2D eigenvalue weighted by Gasteiger charge is -2.43. The van der Waals surface area contributed by atoms with Crippen molar-refractivity contribution in [1.82, 2.24) is 4.90 Å². The molecule has 0 spiro atoms. The van der Waals surface area contributed by atoms with Gasteiger partial charge in [0.2, 0.25) is 0 Å². The van der Waals surface area contributed by atoms with Gasteiger partial charge in [-0.2, -0.15) is 0 Å². The van der Waals surface area contributed by atoms with E-state index in [0.29, 0.717) is 18.7 Å². The first-order valence-electron chi connectivity index (χ1n) is 7.09. The maximum atomic E-state index is 14.0. The van der Waals surface area contributed by atoms with E-state index in [9.17, 15) is 8.78 Å². The van der Waals surface area contributed by atoms with E-state index in [1.807, 2.05) is 6.92 Å². The second-order valence-electron chi connectivity index (χ2n) is 5.32. The predicted molar refractivity (Wildman–Crippen MR) is 74.4 cm³/mol. The number of nitrogens with zero attached hydrogens (tertiary/aromatic N) is 1. The van der Waals surface area contributed by atoms with Crippen molar-refractivity contribution >= 4 is 0 Å². The minimum atomic E-state index is -0.436. The lowest BCUT2D eigenvalue weighted by Crippen LogP contribution is -2.51. The normalized spacial score (nSPS) is 25.6. The monoisotopic (exact) mass is 284 g/mol. The molecule has 1 fully saturated rings. The van der Waals surface area contributed by atoms with E-state index < -0.39 is 11.6 Å². The SMILES string of the molecule is CCC1COC(C)CN1C(CN)c1cc(F)ccc1F. The zero-order valence-corrected chi connectivity index (χ0v) is 12.0. The van der Waals surface area contributed by atoms with Crippen molar-refractivity contribution in [3.05, 3.63) is 35.4 Å². The van der Waals surface area contributed by atoms with Crippen LogP contribution in [-0.2, 0) is 4.74 Å². The lowest BCUT2D eigenvalue weighted by molar-refractivity contribution is -0.0723. The smallest absolute Gasteiger partial charge is 0.128 e. The highest BCUT2D eigenvalue weighted by Gasteiger charge is 2.32. The molecule has 0 aliphatic carbocycles. The first kappa shape index (κ1) is 15.4. The van der Waals surface area contributed by atoms with Crippen LogP contribution in [0.15, 0.2) is 18.2 Å². The number of hydrogen-bond donors (Lipinski definition) is 1. The molecule has 1 saturated heterocycles. The van der Waals surface area contributed by atoms with Gasteiger partial charge in [-0.15, -0.1) is 0 Å². The molecule has 0 bridgehead atoms. The van der Waals surface area contributed by atoms with Crippen molar-refractivity contribution in [2.24, 2.45) is 5.73 Å². The Labute approximate surface area is 118 Å². The number of nitrogens with two attached hydrogens (primary N) is 1. The van der Waals surface area contributed by atoms with Crippen LogP contribution in [0, 0.1) is 11.6 Å². The van der Waals surface area contributed by atoms with Crippen molar-refractivity contribution < 1.29 is 13.5 Å². The Morgan fingerprint density at radius 3 is 2.85 bits per heavy atom. The molecule has 2 N–H and O–H groups in total. The van der Waals surface area contributed by atoms with E-state index in [1.54, 1.807) is 0 Å². The van der Waals surface area contributed by atoms with E-state index in [0.717, 1.165) is 18.6 Å². The van der Waals surface area contributed by atoms with Crippen molar-refractivity contribution in [2.75, 3.05) is 19.7 Å². The molecule has 0 saturated carbocycles. The summed E-state index contributed by atoms with van der Waals surface area (Å²) in [5, 5.41) is 0. The lowest BCUT2D eigenvalue weighted by atomic mass is 10.00. The van der Waals surface area contributed by atoms with E-state index in [-0.39, 0.29) is 24.7 Å². The third-order valence-electron chi connectivity index (χ3n) is 3.92. The average molecular weight is 284 g/mol. The van der Waals surface area contributed by atoms with Crippen LogP contribution in [0.3, 0.4) is 0 Å². The number of morpholine rings is 1. The summed E-state index contributed by atoms with van der Waals surface area (Å²) < 4.78 is 33.1. The van der Waals surface area contributed by atoms with Crippen molar-refractivity contribution in [3.63, 3.8) is 0 Å². The van der Waals surface area contributed by atoms with Gasteiger partial charge in [-0.1, -0.05) is 6.92 Å². The Bertz CT molecular complexity index is 455. The van der Waals surface area contributed by atoms with Crippen LogP contribution < -0.4 is 5.73 Å². The van der Waals surface area contributed by atoms with Gasteiger partial charge in [0.15, 0.2) is 0 Å². The van der Waals surface area contributed by atoms with Gasteiger partial charge >= 0.3 is 0 Å². The molecule has 1 aliphatic rings. The minimum Gasteiger partial charge on any atom is -0.376 e. The number of hydrogen-bond acceptors (Lipinski definition) is 3. The molecule has 112 valence electrons. The zero-order chi connectivity index (χ0) is 14.7. The molecule has 2 rings (SSSR count). The van der Waals surface area contributed by atoms with Gasteiger partial charge in [0.25, 0.3) is 0 Å². The molecule has 0 aromatic heterocycles. The molecule has 1 aromatic rings. The van der Waals surface area contributed by atoms with Gasteiger partial charge in [-0.3, -0.25) is 4.90 Å². The highest BCUT2D eigenvalue weighted by molar-refractivity contribution is 5.23. The molecule has 0 radical (unpaired) electrons. The van der Waals surface area contributed by atoms with Crippen LogP contribution >= 0.6 is 0 Å². The number of ether oxygens (including phenoxy) is 1. The van der Waals surface area contributed by atoms with Crippen molar-refractivity contribution in [2.45, 2.75) is 38.5 Å². The Kier molecular flexibility index (Phi) is 5.07. The number of benzene rings is 1. The predicted octanol–water partition coefficient (Wildman–Crippen LogP) is 2.46. The maximum absolute atomic E-state index is 14.0. The highest BCUT2D eigenvalue weighted by Crippen LogP contribution is 2.29. The van der Waals surface area contributed by atoms with Gasteiger partial charge in [0, 0.05) is 24.7 Å². The fourth-order valence-electron chi connectivity index (χ4n) is 2.81. The Hall–Kier alpha value is -1.04. The van der Waals surface area contributed by atoms with Gasteiger partial charge in [0.1, 0.15) is 11.6 Å². The molecule has 3 nitrogen and oxygen atoms in total. The largest absolute Gasteiger partial charge is 0.376 e. The molecule has 1 aromatic carbocycles. The van der Waals surface area contributed by atoms with Crippen molar-refractivity contribution in [1.29, 1.82) is 0 Å². The molecule has 1 aliphatic heterocycles. The number of halogens is 2. The fourth-order valence-corrected chi connectivity index (χ4v) is 2.81. The van der Waals surface area contributed by atoms with Crippen LogP contribution in [0.2, 0.25) is 0 Å². The quantitative estimate of drug-likeness (QED) is 0.923. The van der Waals surface area contributed by atoms with Crippen LogP contribution in [0.4, 0.5) is 8.78 Å². The molecule has 3 unspecified atom stereocenters. The van der Waals surface area contributed by atoms with Crippen LogP contribution in [-0.4, -0.2) is 36.7 Å². The van der Waals surface area contributed by atoms with E-state index in [2.05, 4.69) is 11.8 Å². The summed E-state index contributed by atoms with van der Waals surface area (Å²) in [6, 6.07) is 3.41. The fraction of sp³-hybridized carbons (Fsp3) is 0.600. The van der Waals surface area contributed by atoms with Gasteiger partial charge in [-0.25, -0.2) is 8.78 Å². The second kappa shape index (κ2) is 6.61. The maximum Gasteiger partial charge on any atom is 0.128 e. The Morgan fingerprint density at radius 2 is 2.20 bits per heavy atom. The second-order valence-corrected chi connectivity index (χ2v) is 5.32. The summed E-state index contributed by atoms with van der Waals surface area (Å²) in [4.78, 5) is 2.14. The molecule has 1 heterocycles. The topological polar surface area (TPSA) is 38.5 Å². The highest BCUT2D eigenvalue weighted by atomic mass is 19.1. The Balaban J connectivity index is 2.31. The summed E-state index contributed by atoms with van der Waals surface area (Å²) in [6.07, 6.45) is 0.962. The third-order valence-corrected chi connectivity index (χ3v) is 3.92. The summed E-state index contributed by atoms with van der Waals surface area (Å²) in [7, 11) is 0. The summed E-state index contributed by atoms with van der Waals surface area (Å²) in [6.45, 7) is 5.58. The average Bonchev–Trinajstić information content (AvgIpc) is 2.44. The molecule has 3 atom stereocenters. The van der Waals surface area contributed by atoms with Crippen LogP contribution in [0.1, 0.15) is 31.9 Å².